The van der Waals surface area contributed by atoms with Crippen LogP contribution in [-0.2, 0) is 9.53 Å². The van der Waals surface area contributed by atoms with Crippen LogP contribution < -0.4 is 10.6 Å². The number of hydrogen-bond acceptors (Lipinski definition) is 3. The highest BCUT2D eigenvalue weighted by molar-refractivity contribution is 5.81. The third kappa shape index (κ3) is 4.49. The lowest BCUT2D eigenvalue weighted by Crippen LogP contribution is -2.48. The molecule has 0 radical (unpaired) electrons. The quantitative estimate of drug-likeness (QED) is 0.714. The maximum atomic E-state index is 11.7. The maximum absolute atomic E-state index is 11.7. The normalized spacial score (nSPS) is 23.6. The van der Waals surface area contributed by atoms with Crippen LogP contribution in [0.25, 0.3) is 0 Å². The molecule has 0 aromatic rings. The van der Waals surface area contributed by atoms with E-state index in [-0.39, 0.29) is 11.9 Å². The van der Waals surface area contributed by atoms with Crippen LogP contribution in [-0.4, -0.2) is 38.3 Å². The van der Waals surface area contributed by atoms with Gasteiger partial charge < -0.3 is 15.4 Å². The van der Waals surface area contributed by atoms with Gasteiger partial charge in [-0.3, -0.25) is 4.79 Å². The molecule has 0 spiro atoms. The van der Waals surface area contributed by atoms with E-state index in [9.17, 15) is 4.79 Å². The molecule has 0 saturated carbocycles. The fourth-order valence-electron chi connectivity index (χ4n) is 2.15. The van der Waals surface area contributed by atoms with E-state index in [2.05, 4.69) is 17.6 Å². The van der Waals surface area contributed by atoms with Crippen molar-refractivity contribution in [3.8, 4) is 0 Å². The summed E-state index contributed by atoms with van der Waals surface area (Å²) >= 11 is 0. The second-order valence-corrected chi connectivity index (χ2v) is 4.45. The average Bonchev–Trinajstić information content (AvgIpc) is 2.45. The Labute approximate surface area is 98.1 Å². The topological polar surface area (TPSA) is 50.4 Å². The molecule has 2 atom stereocenters. The van der Waals surface area contributed by atoms with Gasteiger partial charge in [0.1, 0.15) is 0 Å². The van der Waals surface area contributed by atoms with Crippen molar-refractivity contribution in [2.24, 2.45) is 0 Å². The first-order valence-electron chi connectivity index (χ1n) is 6.30. The molecule has 4 heteroatoms. The van der Waals surface area contributed by atoms with E-state index in [1.807, 2.05) is 0 Å². The van der Waals surface area contributed by atoms with Gasteiger partial charge in [0, 0.05) is 19.7 Å². The van der Waals surface area contributed by atoms with E-state index in [1.165, 1.54) is 0 Å². The molecule has 1 aliphatic rings. The zero-order valence-corrected chi connectivity index (χ0v) is 10.4. The van der Waals surface area contributed by atoms with Crippen molar-refractivity contribution in [1.82, 2.24) is 10.6 Å². The number of methoxy groups -OCH3 is 1. The number of hydrogen-bond donors (Lipinski definition) is 2. The van der Waals surface area contributed by atoms with Crippen molar-refractivity contribution in [2.45, 2.75) is 51.1 Å². The predicted molar refractivity (Wildman–Crippen MR) is 64.4 cm³/mol. The average molecular weight is 228 g/mol. The molecular weight excluding hydrogens is 204 g/mol. The van der Waals surface area contributed by atoms with E-state index in [4.69, 9.17) is 4.74 Å². The van der Waals surface area contributed by atoms with Gasteiger partial charge >= 0.3 is 0 Å². The molecule has 2 N–H and O–H groups in total. The minimum Gasteiger partial charge on any atom is -0.383 e. The molecule has 94 valence electrons. The van der Waals surface area contributed by atoms with Crippen molar-refractivity contribution in [1.29, 1.82) is 0 Å². The number of rotatable bonds is 6. The molecule has 1 fully saturated rings. The van der Waals surface area contributed by atoms with Crippen LogP contribution in [0.4, 0.5) is 0 Å². The summed E-state index contributed by atoms with van der Waals surface area (Å²) < 4.78 is 5.17. The summed E-state index contributed by atoms with van der Waals surface area (Å²) in [4.78, 5) is 11.7. The van der Waals surface area contributed by atoms with Crippen LogP contribution >= 0.6 is 0 Å². The number of ether oxygens (including phenoxy) is 1. The van der Waals surface area contributed by atoms with Gasteiger partial charge in [-0.25, -0.2) is 0 Å². The second kappa shape index (κ2) is 7.63. The van der Waals surface area contributed by atoms with Crippen LogP contribution in [0.2, 0.25) is 0 Å². The minimum atomic E-state index is -0.0331. The fourth-order valence-corrected chi connectivity index (χ4v) is 2.15. The molecule has 0 aliphatic carbocycles. The van der Waals surface area contributed by atoms with E-state index in [1.54, 1.807) is 7.11 Å². The predicted octanol–water partition coefficient (Wildman–Crippen LogP) is 1.06. The Balaban J connectivity index is 2.43. The van der Waals surface area contributed by atoms with Crippen LogP contribution in [0.5, 0.6) is 0 Å². The van der Waals surface area contributed by atoms with Crippen molar-refractivity contribution in [2.75, 3.05) is 20.3 Å². The Morgan fingerprint density at radius 1 is 1.56 bits per heavy atom. The molecule has 1 rings (SSSR count). The van der Waals surface area contributed by atoms with E-state index in [0.29, 0.717) is 12.6 Å². The fraction of sp³-hybridized carbons (Fsp3) is 0.917. The van der Waals surface area contributed by atoms with Gasteiger partial charge in [-0.2, -0.15) is 0 Å². The lowest BCUT2D eigenvalue weighted by Gasteiger charge is -2.23. The summed E-state index contributed by atoms with van der Waals surface area (Å²) in [6.45, 7) is 3.65. The number of amides is 1. The smallest absolute Gasteiger partial charge is 0.237 e. The van der Waals surface area contributed by atoms with Crippen molar-refractivity contribution >= 4 is 5.91 Å². The monoisotopic (exact) mass is 228 g/mol. The summed E-state index contributed by atoms with van der Waals surface area (Å²) in [6.07, 6.45) is 5.30. The molecule has 4 nitrogen and oxygen atoms in total. The van der Waals surface area contributed by atoms with Crippen LogP contribution in [0.15, 0.2) is 0 Å². The molecule has 1 heterocycles. The standard InChI is InChI=1S/C12H24N2O2/c1-3-6-10(9-16-2)14-11-7-4-5-8-13-12(11)15/h10-11,14H,3-9H2,1-2H3,(H,13,15). The van der Waals surface area contributed by atoms with Gasteiger partial charge in [0.25, 0.3) is 0 Å². The molecule has 2 unspecified atom stereocenters. The minimum absolute atomic E-state index is 0.0331. The molecule has 0 aromatic carbocycles. The zero-order chi connectivity index (χ0) is 11.8. The molecule has 1 aliphatic heterocycles. The summed E-state index contributed by atoms with van der Waals surface area (Å²) in [5.74, 6) is 0.148. The Bertz CT molecular complexity index is 203. The van der Waals surface area contributed by atoms with E-state index < -0.39 is 0 Å². The SMILES string of the molecule is CCCC(COC)NC1CCCCNC1=O. The van der Waals surface area contributed by atoms with Crippen LogP contribution in [0, 0.1) is 0 Å². The largest absolute Gasteiger partial charge is 0.383 e. The van der Waals surface area contributed by atoms with Gasteiger partial charge in [-0.05, 0) is 25.7 Å². The molecule has 0 aromatic heterocycles. The Morgan fingerprint density at radius 3 is 3.06 bits per heavy atom. The zero-order valence-electron chi connectivity index (χ0n) is 10.4. The van der Waals surface area contributed by atoms with Crippen molar-refractivity contribution in [3.05, 3.63) is 0 Å². The first-order valence-corrected chi connectivity index (χ1v) is 6.30. The number of carbonyl (C=O) groups is 1. The molecule has 16 heavy (non-hydrogen) atoms. The summed E-state index contributed by atoms with van der Waals surface area (Å²) in [5, 5.41) is 6.35. The third-order valence-corrected chi connectivity index (χ3v) is 2.98. The summed E-state index contributed by atoms with van der Waals surface area (Å²) in [6, 6.07) is 0.262. The van der Waals surface area contributed by atoms with Crippen molar-refractivity contribution in [3.63, 3.8) is 0 Å². The Hall–Kier alpha value is -0.610. The second-order valence-electron chi connectivity index (χ2n) is 4.45. The highest BCUT2D eigenvalue weighted by atomic mass is 16.5. The van der Waals surface area contributed by atoms with Gasteiger partial charge in [0.15, 0.2) is 0 Å². The van der Waals surface area contributed by atoms with Gasteiger partial charge in [0.2, 0.25) is 5.91 Å². The lowest BCUT2D eigenvalue weighted by molar-refractivity contribution is -0.123. The highest BCUT2D eigenvalue weighted by Gasteiger charge is 2.22. The van der Waals surface area contributed by atoms with Crippen molar-refractivity contribution < 1.29 is 9.53 Å². The Morgan fingerprint density at radius 2 is 2.38 bits per heavy atom. The van der Waals surface area contributed by atoms with Gasteiger partial charge in [-0.15, -0.1) is 0 Å². The van der Waals surface area contributed by atoms with Gasteiger partial charge in [0.05, 0.1) is 12.6 Å². The van der Waals surface area contributed by atoms with E-state index in [0.717, 1.165) is 38.6 Å². The molecule has 1 saturated heterocycles. The molecule has 1 amide bonds. The van der Waals surface area contributed by atoms with E-state index >= 15 is 0 Å². The summed E-state index contributed by atoms with van der Waals surface area (Å²) in [5.41, 5.74) is 0. The number of nitrogens with one attached hydrogen (secondary N) is 2. The number of carbonyl (C=O) groups excluding carboxylic acids is 1. The first kappa shape index (κ1) is 13.5. The molecular formula is C12H24N2O2. The lowest BCUT2D eigenvalue weighted by atomic mass is 10.1. The third-order valence-electron chi connectivity index (χ3n) is 2.98. The van der Waals surface area contributed by atoms with Crippen LogP contribution in [0.1, 0.15) is 39.0 Å². The van der Waals surface area contributed by atoms with Gasteiger partial charge in [-0.1, -0.05) is 13.3 Å². The van der Waals surface area contributed by atoms with Crippen LogP contribution in [0.3, 0.4) is 0 Å². The first-order chi connectivity index (χ1) is 7.77. The maximum Gasteiger partial charge on any atom is 0.237 e. The summed E-state index contributed by atoms with van der Waals surface area (Å²) in [7, 11) is 1.71. The molecule has 0 bridgehead atoms. The highest BCUT2D eigenvalue weighted by Crippen LogP contribution is 2.08. The Kier molecular flexibility index (Phi) is 6.42.